The Bertz CT molecular complexity index is 1200. The van der Waals surface area contributed by atoms with Crippen LogP contribution >= 0.6 is 11.3 Å². The van der Waals surface area contributed by atoms with Gasteiger partial charge < -0.3 is 4.42 Å². The normalized spacial score (nSPS) is 11.4. The van der Waals surface area contributed by atoms with Gasteiger partial charge in [-0.05, 0) is 42.0 Å². The average Bonchev–Trinajstić information content (AvgIpc) is 3.03. The van der Waals surface area contributed by atoms with Crippen LogP contribution in [0.15, 0.2) is 50.0 Å². The summed E-state index contributed by atoms with van der Waals surface area (Å²) < 4.78 is 6.91. The monoisotopic (exact) mass is 338 g/mol. The molecular weight excluding hydrogens is 324 g/mol. The summed E-state index contributed by atoms with van der Waals surface area (Å²) in [6.45, 7) is 4.18. The molecule has 0 spiro atoms. The van der Waals surface area contributed by atoms with Crippen molar-refractivity contribution in [1.82, 2.24) is 9.55 Å². The summed E-state index contributed by atoms with van der Waals surface area (Å²) in [4.78, 5) is 29.5. The highest BCUT2D eigenvalue weighted by Gasteiger charge is 2.12. The number of thiophene rings is 1. The molecule has 0 fully saturated rings. The van der Waals surface area contributed by atoms with Crippen LogP contribution in [0.2, 0.25) is 0 Å². The van der Waals surface area contributed by atoms with E-state index in [0.29, 0.717) is 11.0 Å². The highest BCUT2D eigenvalue weighted by molar-refractivity contribution is 7.16. The predicted molar refractivity (Wildman–Crippen MR) is 94.9 cm³/mol. The summed E-state index contributed by atoms with van der Waals surface area (Å²) in [5.41, 5.74) is 2.81. The Morgan fingerprint density at radius 1 is 1.17 bits per heavy atom. The van der Waals surface area contributed by atoms with Crippen molar-refractivity contribution in [2.75, 3.05) is 0 Å². The molecule has 0 amide bonds. The minimum atomic E-state index is -0.413. The molecule has 0 aliphatic heterocycles. The first-order valence-corrected chi connectivity index (χ1v) is 8.38. The lowest BCUT2D eigenvalue weighted by atomic mass is 10.0. The Balaban J connectivity index is 1.93. The minimum absolute atomic E-state index is 0.105. The smallest absolute Gasteiger partial charge is 0.336 e. The first kappa shape index (κ1) is 14.8. The Labute approximate surface area is 140 Å². The van der Waals surface area contributed by atoms with Crippen molar-refractivity contribution in [3.63, 3.8) is 0 Å². The van der Waals surface area contributed by atoms with Gasteiger partial charge >= 0.3 is 5.63 Å². The molecule has 0 radical (unpaired) electrons. The van der Waals surface area contributed by atoms with Crippen LogP contribution in [-0.2, 0) is 6.54 Å². The molecule has 5 nitrogen and oxygen atoms in total. The van der Waals surface area contributed by atoms with Crippen LogP contribution in [0.5, 0.6) is 0 Å². The fourth-order valence-corrected chi connectivity index (χ4v) is 3.57. The van der Waals surface area contributed by atoms with Crippen LogP contribution in [0.3, 0.4) is 0 Å². The maximum Gasteiger partial charge on any atom is 0.336 e. The van der Waals surface area contributed by atoms with Gasteiger partial charge in [0.25, 0.3) is 5.56 Å². The summed E-state index contributed by atoms with van der Waals surface area (Å²) in [6.07, 6.45) is 1.53. The zero-order valence-electron chi connectivity index (χ0n) is 13.2. The van der Waals surface area contributed by atoms with E-state index in [1.165, 1.54) is 28.3 Å². The first-order valence-electron chi connectivity index (χ1n) is 7.50. The summed E-state index contributed by atoms with van der Waals surface area (Å²) in [6, 6.07) is 7.14. The quantitative estimate of drug-likeness (QED) is 0.526. The average molecular weight is 338 g/mol. The first-order chi connectivity index (χ1) is 11.5. The number of fused-ring (bicyclic) bond motifs is 2. The fraction of sp³-hybridized carbons (Fsp3) is 0.167. The lowest BCUT2D eigenvalue weighted by Crippen LogP contribution is -2.21. The summed E-state index contributed by atoms with van der Waals surface area (Å²) >= 11 is 1.44. The van der Waals surface area contributed by atoms with E-state index < -0.39 is 5.63 Å². The Kier molecular flexibility index (Phi) is 3.35. The number of rotatable bonds is 2. The molecule has 0 N–H and O–H groups in total. The molecule has 0 bridgehead atoms. The van der Waals surface area contributed by atoms with Gasteiger partial charge in [-0.25, -0.2) is 9.78 Å². The van der Waals surface area contributed by atoms with E-state index in [-0.39, 0.29) is 12.1 Å². The molecule has 0 aliphatic rings. The van der Waals surface area contributed by atoms with Crippen LogP contribution in [0.1, 0.15) is 16.7 Å². The van der Waals surface area contributed by atoms with E-state index >= 15 is 0 Å². The van der Waals surface area contributed by atoms with E-state index in [2.05, 4.69) is 4.98 Å². The van der Waals surface area contributed by atoms with Crippen molar-refractivity contribution in [2.45, 2.75) is 20.4 Å². The van der Waals surface area contributed by atoms with E-state index in [1.807, 2.05) is 31.4 Å². The second-order valence-corrected chi connectivity index (χ2v) is 6.69. The molecule has 0 unspecified atom stereocenters. The molecular formula is C18H14N2O3S. The van der Waals surface area contributed by atoms with Gasteiger partial charge in [0.2, 0.25) is 0 Å². The molecule has 3 heterocycles. The van der Waals surface area contributed by atoms with Crippen LogP contribution in [0, 0.1) is 13.8 Å². The van der Waals surface area contributed by atoms with Gasteiger partial charge in [-0.2, -0.15) is 0 Å². The molecule has 1 aromatic carbocycles. The van der Waals surface area contributed by atoms with Gasteiger partial charge in [0, 0.05) is 11.5 Å². The number of aryl methyl sites for hydroxylation is 2. The fourth-order valence-electron chi connectivity index (χ4n) is 2.84. The number of hydrogen-bond donors (Lipinski definition) is 0. The van der Waals surface area contributed by atoms with Crippen molar-refractivity contribution in [3.8, 4) is 0 Å². The second-order valence-electron chi connectivity index (χ2n) is 5.79. The maximum atomic E-state index is 12.6. The van der Waals surface area contributed by atoms with Gasteiger partial charge in [0.1, 0.15) is 10.4 Å². The van der Waals surface area contributed by atoms with E-state index in [0.717, 1.165) is 26.9 Å². The van der Waals surface area contributed by atoms with Crippen LogP contribution in [0.25, 0.3) is 21.2 Å². The summed E-state index contributed by atoms with van der Waals surface area (Å²) in [5.74, 6) is 0. The van der Waals surface area contributed by atoms with E-state index in [1.54, 1.807) is 6.07 Å². The minimum Gasteiger partial charge on any atom is -0.422 e. The van der Waals surface area contributed by atoms with E-state index in [4.69, 9.17) is 4.42 Å². The molecule has 0 aliphatic carbocycles. The Morgan fingerprint density at radius 2 is 2.00 bits per heavy atom. The molecule has 0 saturated heterocycles. The van der Waals surface area contributed by atoms with Gasteiger partial charge in [0.05, 0.1) is 18.3 Å². The van der Waals surface area contributed by atoms with Gasteiger partial charge in [-0.15, -0.1) is 11.3 Å². The Hall–Kier alpha value is -2.73. The van der Waals surface area contributed by atoms with Crippen LogP contribution < -0.4 is 11.2 Å². The van der Waals surface area contributed by atoms with Crippen molar-refractivity contribution in [2.24, 2.45) is 0 Å². The van der Waals surface area contributed by atoms with Crippen molar-refractivity contribution >= 4 is 32.5 Å². The standard InChI is InChI=1S/C18H14N2O3S/c1-10-3-4-13-12(7-15(21)23-16(13)11(10)2)8-20-9-19-17-14(18(20)22)5-6-24-17/h3-7,9H,8H2,1-2H3. The van der Waals surface area contributed by atoms with Crippen molar-refractivity contribution in [1.29, 1.82) is 0 Å². The molecule has 6 heteroatoms. The number of nitrogens with zero attached hydrogens (tertiary/aromatic N) is 2. The van der Waals surface area contributed by atoms with Gasteiger partial charge in [0.15, 0.2) is 0 Å². The third-order valence-electron chi connectivity index (χ3n) is 4.31. The molecule has 0 saturated carbocycles. The van der Waals surface area contributed by atoms with Gasteiger partial charge in [-0.1, -0.05) is 12.1 Å². The molecule has 3 aromatic heterocycles. The SMILES string of the molecule is Cc1ccc2c(Cn3cnc4sccc4c3=O)cc(=O)oc2c1C. The van der Waals surface area contributed by atoms with E-state index in [9.17, 15) is 9.59 Å². The number of benzene rings is 1. The lowest BCUT2D eigenvalue weighted by Gasteiger charge is -2.10. The molecule has 24 heavy (non-hydrogen) atoms. The molecule has 120 valence electrons. The van der Waals surface area contributed by atoms with Gasteiger partial charge in [-0.3, -0.25) is 9.36 Å². The highest BCUT2D eigenvalue weighted by atomic mass is 32.1. The molecule has 0 atom stereocenters. The molecule has 4 aromatic rings. The largest absolute Gasteiger partial charge is 0.422 e. The van der Waals surface area contributed by atoms with Crippen molar-refractivity contribution < 1.29 is 4.42 Å². The number of aromatic nitrogens is 2. The predicted octanol–water partition coefficient (Wildman–Crippen LogP) is 3.23. The van der Waals surface area contributed by atoms with Crippen LogP contribution in [-0.4, -0.2) is 9.55 Å². The van der Waals surface area contributed by atoms with Crippen LogP contribution in [0.4, 0.5) is 0 Å². The molecule has 4 rings (SSSR count). The summed E-state index contributed by atoms with van der Waals surface area (Å²) in [5, 5.41) is 3.29. The third kappa shape index (κ3) is 2.27. The summed E-state index contributed by atoms with van der Waals surface area (Å²) in [7, 11) is 0. The number of hydrogen-bond acceptors (Lipinski definition) is 5. The zero-order chi connectivity index (χ0) is 16.8. The Morgan fingerprint density at radius 3 is 2.83 bits per heavy atom. The highest BCUT2D eigenvalue weighted by Crippen LogP contribution is 2.23. The zero-order valence-corrected chi connectivity index (χ0v) is 14.0. The second kappa shape index (κ2) is 5.42. The third-order valence-corrected chi connectivity index (χ3v) is 5.13. The maximum absolute atomic E-state index is 12.6. The van der Waals surface area contributed by atoms with Crippen molar-refractivity contribution in [3.05, 3.63) is 73.4 Å². The topological polar surface area (TPSA) is 65.1 Å². The lowest BCUT2D eigenvalue weighted by molar-refractivity contribution is 0.554.